The summed E-state index contributed by atoms with van der Waals surface area (Å²) in [5, 5.41) is 23.3. The SMILES string of the molecule is C[C@@](O)(C(=O)[O-])c1cccc2c1sc1ccccc12. The van der Waals surface area contributed by atoms with Gasteiger partial charge >= 0.3 is 0 Å². The minimum Gasteiger partial charge on any atom is -0.547 e. The van der Waals surface area contributed by atoms with Crippen LogP contribution in [0.15, 0.2) is 42.5 Å². The van der Waals surface area contributed by atoms with E-state index in [1.54, 1.807) is 12.1 Å². The fourth-order valence-corrected chi connectivity index (χ4v) is 3.56. The van der Waals surface area contributed by atoms with Crippen molar-refractivity contribution in [2.45, 2.75) is 12.5 Å². The van der Waals surface area contributed by atoms with Crippen molar-refractivity contribution in [2.24, 2.45) is 0 Å². The Bertz CT molecular complexity index is 786. The van der Waals surface area contributed by atoms with E-state index in [0.29, 0.717) is 5.56 Å². The van der Waals surface area contributed by atoms with Crippen LogP contribution in [0.5, 0.6) is 0 Å². The molecule has 0 spiro atoms. The van der Waals surface area contributed by atoms with Crippen molar-refractivity contribution in [1.29, 1.82) is 0 Å². The maximum atomic E-state index is 11.1. The number of carboxylic acid groups (broad SMARTS) is 1. The molecule has 0 unspecified atom stereocenters. The lowest BCUT2D eigenvalue weighted by atomic mass is 9.94. The molecule has 3 aromatic rings. The average molecular weight is 271 g/mol. The maximum absolute atomic E-state index is 11.1. The van der Waals surface area contributed by atoms with Crippen molar-refractivity contribution >= 4 is 37.5 Å². The molecule has 0 aliphatic carbocycles. The van der Waals surface area contributed by atoms with Crippen molar-refractivity contribution in [1.82, 2.24) is 0 Å². The molecule has 4 heteroatoms. The van der Waals surface area contributed by atoms with Crippen LogP contribution in [0.4, 0.5) is 0 Å². The first-order chi connectivity index (χ1) is 9.01. The second-order valence-corrected chi connectivity index (χ2v) is 5.69. The highest BCUT2D eigenvalue weighted by Crippen LogP contribution is 2.39. The standard InChI is InChI=1S/C15H12O3S/c1-15(18,14(16)17)11-7-4-6-10-9-5-2-3-8-12(9)19-13(10)11/h2-8,18H,1H3,(H,16,17)/p-1/t15-/m0/s1. The van der Waals surface area contributed by atoms with Gasteiger partial charge in [-0.25, -0.2) is 0 Å². The van der Waals surface area contributed by atoms with Gasteiger partial charge in [-0.2, -0.15) is 0 Å². The summed E-state index contributed by atoms with van der Waals surface area (Å²) in [6.07, 6.45) is 0. The number of carbonyl (C=O) groups is 1. The van der Waals surface area contributed by atoms with Gasteiger partial charge in [0.05, 0.1) is 5.97 Å². The molecule has 1 aromatic heterocycles. The Balaban J connectivity index is 2.42. The van der Waals surface area contributed by atoms with Crippen LogP contribution in [-0.2, 0) is 10.4 Å². The Morgan fingerprint density at radius 3 is 2.58 bits per heavy atom. The van der Waals surface area contributed by atoms with Gasteiger partial charge in [0.2, 0.25) is 0 Å². The van der Waals surface area contributed by atoms with Gasteiger partial charge in [-0.1, -0.05) is 36.4 Å². The summed E-state index contributed by atoms with van der Waals surface area (Å²) < 4.78 is 1.86. The Morgan fingerprint density at radius 2 is 1.84 bits per heavy atom. The van der Waals surface area contributed by atoms with Gasteiger partial charge in [-0.3, -0.25) is 0 Å². The van der Waals surface area contributed by atoms with Gasteiger partial charge in [0.15, 0.2) is 0 Å². The maximum Gasteiger partial charge on any atom is 0.127 e. The van der Waals surface area contributed by atoms with Crippen molar-refractivity contribution < 1.29 is 15.0 Å². The molecule has 0 aliphatic rings. The highest BCUT2D eigenvalue weighted by Gasteiger charge is 2.27. The molecule has 0 radical (unpaired) electrons. The van der Waals surface area contributed by atoms with Crippen LogP contribution in [0.2, 0.25) is 0 Å². The van der Waals surface area contributed by atoms with E-state index < -0.39 is 11.6 Å². The van der Waals surface area contributed by atoms with E-state index in [1.807, 2.05) is 30.3 Å². The van der Waals surface area contributed by atoms with Crippen LogP contribution in [-0.4, -0.2) is 11.1 Å². The summed E-state index contributed by atoms with van der Waals surface area (Å²) in [6, 6.07) is 13.2. The van der Waals surface area contributed by atoms with Gasteiger partial charge < -0.3 is 15.0 Å². The molecule has 3 rings (SSSR count). The number of carbonyl (C=O) groups excluding carboxylic acids is 1. The minimum absolute atomic E-state index is 0.381. The fraction of sp³-hybridized carbons (Fsp3) is 0.133. The number of fused-ring (bicyclic) bond motifs is 3. The van der Waals surface area contributed by atoms with E-state index >= 15 is 0 Å². The summed E-state index contributed by atoms with van der Waals surface area (Å²) in [5.74, 6) is -1.49. The molecule has 0 saturated heterocycles. The van der Waals surface area contributed by atoms with Gasteiger partial charge in [-0.15, -0.1) is 11.3 Å². The smallest absolute Gasteiger partial charge is 0.127 e. The Kier molecular flexibility index (Phi) is 2.59. The van der Waals surface area contributed by atoms with E-state index in [1.165, 1.54) is 18.3 Å². The van der Waals surface area contributed by atoms with Crippen LogP contribution in [0.1, 0.15) is 12.5 Å². The van der Waals surface area contributed by atoms with E-state index in [4.69, 9.17) is 0 Å². The lowest BCUT2D eigenvalue weighted by molar-refractivity contribution is -0.324. The number of hydrogen-bond donors (Lipinski definition) is 1. The van der Waals surface area contributed by atoms with Gasteiger partial charge in [0.25, 0.3) is 0 Å². The number of carboxylic acids is 1. The van der Waals surface area contributed by atoms with E-state index in [-0.39, 0.29) is 0 Å². The normalized spacial score (nSPS) is 14.6. The van der Waals surface area contributed by atoms with E-state index in [9.17, 15) is 15.0 Å². The zero-order valence-electron chi connectivity index (χ0n) is 10.2. The molecule has 96 valence electrons. The first kappa shape index (κ1) is 12.1. The third-order valence-corrected chi connectivity index (χ3v) is 4.55. The number of thiophene rings is 1. The summed E-state index contributed by atoms with van der Waals surface area (Å²) in [5.41, 5.74) is -1.60. The number of benzene rings is 2. The summed E-state index contributed by atoms with van der Waals surface area (Å²) in [6.45, 7) is 1.25. The van der Waals surface area contributed by atoms with Crippen molar-refractivity contribution in [3.8, 4) is 0 Å². The van der Waals surface area contributed by atoms with E-state index in [2.05, 4.69) is 0 Å². The molecule has 0 fully saturated rings. The first-order valence-electron chi connectivity index (χ1n) is 5.86. The van der Waals surface area contributed by atoms with E-state index in [0.717, 1.165) is 20.2 Å². The van der Waals surface area contributed by atoms with Crippen molar-refractivity contribution in [3.05, 3.63) is 48.0 Å². The second kappa shape index (κ2) is 4.05. The number of rotatable bonds is 2. The molecular formula is C15H11O3S-. The predicted molar refractivity (Wildman–Crippen MR) is 73.9 cm³/mol. The molecular weight excluding hydrogens is 260 g/mol. The number of hydrogen-bond acceptors (Lipinski definition) is 4. The topological polar surface area (TPSA) is 60.4 Å². The van der Waals surface area contributed by atoms with Crippen LogP contribution in [0.25, 0.3) is 20.2 Å². The van der Waals surface area contributed by atoms with Gasteiger partial charge in [0, 0.05) is 25.7 Å². The zero-order valence-corrected chi connectivity index (χ0v) is 11.0. The average Bonchev–Trinajstić information content (AvgIpc) is 2.76. The number of aliphatic carboxylic acids is 1. The highest BCUT2D eigenvalue weighted by molar-refractivity contribution is 7.26. The number of aliphatic hydroxyl groups is 1. The quantitative estimate of drug-likeness (QED) is 0.775. The van der Waals surface area contributed by atoms with Crippen LogP contribution < -0.4 is 5.11 Å². The summed E-state index contributed by atoms with van der Waals surface area (Å²) >= 11 is 1.48. The van der Waals surface area contributed by atoms with Crippen LogP contribution >= 0.6 is 11.3 Å². The monoisotopic (exact) mass is 271 g/mol. The molecule has 3 nitrogen and oxygen atoms in total. The highest BCUT2D eigenvalue weighted by atomic mass is 32.1. The predicted octanol–water partition coefficient (Wildman–Crippen LogP) is 2.01. The molecule has 0 saturated carbocycles. The van der Waals surface area contributed by atoms with Crippen molar-refractivity contribution in [3.63, 3.8) is 0 Å². The lowest BCUT2D eigenvalue weighted by Gasteiger charge is -2.25. The first-order valence-corrected chi connectivity index (χ1v) is 6.68. The Hall–Kier alpha value is -1.91. The molecule has 2 aromatic carbocycles. The fourth-order valence-electron chi connectivity index (χ4n) is 2.24. The minimum atomic E-state index is -1.99. The second-order valence-electron chi connectivity index (χ2n) is 4.64. The molecule has 0 bridgehead atoms. The van der Waals surface area contributed by atoms with Crippen LogP contribution in [0, 0.1) is 0 Å². The molecule has 0 aliphatic heterocycles. The Labute approximate surface area is 113 Å². The molecule has 1 N–H and O–H groups in total. The lowest BCUT2D eigenvalue weighted by Crippen LogP contribution is -2.43. The molecule has 0 amide bonds. The third kappa shape index (κ3) is 1.72. The van der Waals surface area contributed by atoms with Crippen molar-refractivity contribution in [2.75, 3.05) is 0 Å². The largest absolute Gasteiger partial charge is 0.547 e. The van der Waals surface area contributed by atoms with Gasteiger partial charge in [-0.05, 0) is 13.0 Å². The van der Waals surface area contributed by atoms with Crippen LogP contribution in [0.3, 0.4) is 0 Å². The zero-order chi connectivity index (χ0) is 13.6. The molecule has 19 heavy (non-hydrogen) atoms. The Morgan fingerprint density at radius 1 is 1.16 bits per heavy atom. The summed E-state index contributed by atoms with van der Waals surface area (Å²) in [4.78, 5) is 11.1. The van der Waals surface area contributed by atoms with Gasteiger partial charge in [0.1, 0.15) is 5.60 Å². The molecule has 1 atom stereocenters. The summed E-state index contributed by atoms with van der Waals surface area (Å²) in [7, 11) is 0. The molecule has 1 heterocycles. The third-order valence-electron chi connectivity index (χ3n) is 3.33.